The number of methoxy groups -OCH3 is 1. The molecule has 1 atom stereocenters. The van der Waals surface area contributed by atoms with Crippen molar-refractivity contribution in [2.24, 2.45) is 0 Å². The highest BCUT2D eigenvalue weighted by Gasteiger charge is 2.20. The van der Waals surface area contributed by atoms with Crippen molar-refractivity contribution in [3.05, 3.63) is 49.9 Å². The third kappa shape index (κ3) is 2.43. The number of rotatable bonds is 3. The van der Waals surface area contributed by atoms with Crippen LogP contribution in [0.1, 0.15) is 21.4 Å². The molecule has 0 aliphatic carbocycles. The van der Waals surface area contributed by atoms with Gasteiger partial charge < -0.3 is 9.84 Å². The van der Waals surface area contributed by atoms with Crippen LogP contribution in [0.2, 0.25) is 0 Å². The van der Waals surface area contributed by atoms with Crippen LogP contribution in [0.15, 0.2) is 28.7 Å². The normalized spacial score (nSPS) is 12.5. The molecular weight excluding hydrogens is 319 g/mol. The number of thiophene rings is 1. The molecule has 1 heterocycles. The molecule has 0 amide bonds. The summed E-state index contributed by atoms with van der Waals surface area (Å²) in [5.74, 6) is -0.381. The summed E-state index contributed by atoms with van der Waals surface area (Å²) >= 11 is 4.82. The maximum atomic E-state index is 14.0. The molecule has 1 aromatic heterocycles. The third-order valence-corrected chi connectivity index (χ3v) is 4.84. The highest BCUT2D eigenvalue weighted by molar-refractivity contribution is 9.10. The molecule has 5 heteroatoms. The smallest absolute Gasteiger partial charge is 0.171 e. The fraction of sp³-hybridized carbons (Fsp3) is 0.231. The highest BCUT2D eigenvalue weighted by Crippen LogP contribution is 2.35. The van der Waals surface area contributed by atoms with Gasteiger partial charge in [-0.3, -0.25) is 0 Å². The monoisotopic (exact) mass is 330 g/mol. The van der Waals surface area contributed by atoms with E-state index in [0.717, 1.165) is 9.35 Å². The predicted molar refractivity (Wildman–Crippen MR) is 73.8 cm³/mol. The van der Waals surface area contributed by atoms with Crippen LogP contribution in [0.5, 0.6) is 5.75 Å². The second kappa shape index (κ2) is 5.38. The molecule has 2 nitrogen and oxygen atoms in total. The van der Waals surface area contributed by atoms with E-state index in [9.17, 15) is 9.50 Å². The quantitative estimate of drug-likeness (QED) is 0.919. The van der Waals surface area contributed by atoms with Gasteiger partial charge in [0.05, 0.1) is 7.11 Å². The van der Waals surface area contributed by atoms with E-state index in [1.165, 1.54) is 24.5 Å². The summed E-state index contributed by atoms with van der Waals surface area (Å²) in [7, 11) is 1.40. The molecule has 18 heavy (non-hydrogen) atoms. The van der Waals surface area contributed by atoms with Gasteiger partial charge in [-0.15, -0.1) is 11.3 Å². The SMILES string of the molecule is COc1cccc(C(O)c2cc(Br)c(C)s2)c1F. The predicted octanol–water partition coefficient (Wildman–Crippen LogP) is 4.05. The molecular formula is C13H12BrFO2S. The molecule has 0 saturated heterocycles. The minimum absolute atomic E-state index is 0.138. The third-order valence-electron chi connectivity index (χ3n) is 2.65. The minimum Gasteiger partial charge on any atom is -0.494 e. The Bertz CT molecular complexity index is 549. The van der Waals surface area contributed by atoms with Gasteiger partial charge in [-0.2, -0.15) is 0 Å². The van der Waals surface area contributed by atoms with Crippen molar-refractivity contribution in [2.45, 2.75) is 13.0 Å². The number of aliphatic hydroxyl groups is 1. The van der Waals surface area contributed by atoms with E-state index >= 15 is 0 Å². The van der Waals surface area contributed by atoms with Crippen LogP contribution in [0.4, 0.5) is 4.39 Å². The van der Waals surface area contributed by atoms with Crippen molar-refractivity contribution in [2.75, 3.05) is 7.11 Å². The molecule has 0 bridgehead atoms. The van der Waals surface area contributed by atoms with E-state index in [0.29, 0.717) is 4.88 Å². The van der Waals surface area contributed by atoms with E-state index < -0.39 is 11.9 Å². The van der Waals surface area contributed by atoms with E-state index in [1.807, 2.05) is 13.0 Å². The second-order valence-corrected chi connectivity index (χ2v) is 5.96. The zero-order valence-corrected chi connectivity index (χ0v) is 12.3. The first-order chi connectivity index (χ1) is 8.54. The molecule has 0 aliphatic heterocycles. The number of hydrogen-bond donors (Lipinski definition) is 1. The first-order valence-corrected chi connectivity index (χ1v) is 6.91. The summed E-state index contributed by atoms with van der Waals surface area (Å²) in [6.45, 7) is 1.94. The molecule has 0 spiro atoms. The van der Waals surface area contributed by atoms with Crippen LogP contribution >= 0.6 is 27.3 Å². The van der Waals surface area contributed by atoms with Gasteiger partial charge >= 0.3 is 0 Å². The summed E-state index contributed by atoms with van der Waals surface area (Å²) in [6, 6.07) is 6.56. The molecule has 1 aromatic carbocycles. The lowest BCUT2D eigenvalue weighted by Gasteiger charge is -2.12. The van der Waals surface area contributed by atoms with E-state index in [1.54, 1.807) is 12.1 Å². The number of benzene rings is 1. The van der Waals surface area contributed by atoms with Gasteiger partial charge in [0.2, 0.25) is 0 Å². The Labute approximate surface area is 117 Å². The van der Waals surface area contributed by atoms with Gasteiger partial charge in [-0.1, -0.05) is 12.1 Å². The topological polar surface area (TPSA) is 29.5 Å². The van der Waals surface area contributed by atoms with Crippen LogP contribution < -0.4 is 4.74 Å². The lowest BCUT2D eigenvalue weighted by atomic mass is 10.1. The average Bonchev–Trinajstić information content (AvgIpc) is 2.69. The Balaban J connectivity index is 2.42. The molecule has 0 fully saturated rings. The van der Waals surface area contributed by atoms with E-state index in [4.69, 9.17) is 4.74 Å². The number of ether oxygens (including phenoxy) is 1. The zero-order valence-electron chi connectivity index (χ0n) is 9.91. The van der Waals surface area contributed by atoms with E-state index in [-0.39, 0.29) is 11.3 Å². The van der Waals surface area contributed by atoms with Crippen molar-refractivity contribution < 1.29 is 14.2 Å². The van der Waals surface area contributed by atoms with Crippen LogP contribution in [-0.4, -0.2) is 12.2 Å². The molecule has 0 aliphatic rings. The van der Waals surface area contributed by atoms with Crippen LogP contribution in [-0.2, 0) is 0 Å². The van der Waals surface area contributed by atoms with Gasteiger partial charge in [0.25, 0.3) is 0 Å². The largest absolute Gasteiger partial charge is 0.494 e. The van der Waals surface area contributed by atoms with Crippen molar-refractivity contribution >= 4 is 27.3 Å². The van der Waals surface area contributed by atoms with Crippen LogP contribution in [0, 0.1) is 12.7 Å². The molecule has 0 saturated carbocycles. The average molecular weight is 331 g/mol. The Morgan fingerprint density at radius 1 is 1.44 bits per heavy atom. The minimum atomic E-state index is -0.977. The first kappa shape index (κ1) is 13.5. The van der Waals surface area contributed by atoms with Gasteiger partial charge in [0, 0.05) is 19.8 Å². The number of aliphatic hydroxyl groups excluding tert-OH is 1. The highest BCUT2D eigenvalue weighted by atomic mass is 79.9. The lowest BCUT2D eigenvalue weighted by Crippen LogP contribution is -2.02. The summed E-state index contributed by atoms with van der Waals surface area (Å²) < 4.78 is 19.9. The Hall–Kier alpha value is -0.910. The number of aryl methyl sites for hydroxylation is 1. The van der Waals surface area contributed by atoms with Crippen LogP contribution in [0.25, 0.3) is 0 Å². The summed E-state index contributed by atoms with van der Waals surface area (Å²) in [4.78, 5) is 1.75. The van der Waals surface area contributed by atoms with Crippen molar-refractivity contribution in [3.8, 4) is 5.75 Å². The number of halogens is 2. The van der Waals surface area contributed by atoms with Crippen molar-refractivity contribution in [1.29, 1.82) is 0 Å². The Morgan fingerprint density at radius 2 is 2.17 bits per heavy atom. The fourth-order valence-electron chi connectivity index (χ4n) is 1.67. The van der Waals surface area contributed by atoms with Crippen molar-refractivity contribution in [1.82, 2.24) is 0 Å². The van der Waals surface area contributed by atoms with Crippen LogP contribution in [0.3, 0.4) is 0 Å². The maximum absolute atomic E-state index is 14.0. The molecule has 96 valence electrons. The molecule has 0 radical (unpaired) electrons. The van der Waals surface area contributed by atoms with Gasteiger partial charge in [0.15, 0.2) is 11.6 Å². The van der Waals surface area contributed by atoms with Gasteiger partial charge in [-0.25, -0.2) is 4.39 Å². The Morgan fingerprint density at radius 3 is 2.72 bits per heavy atom. The van der Waals surface area contributed by atoms with Crippen molar-refractivity contribution in [3.63, 3.8) is 0 Å². The summed E-state index contributed by atoms with van der Waals surface area (Å²) in [5, 5.41) is 10.2. The van der Waals surface area contributed by atoms with Gasteiger partial charge in [-0.05, 0) is 35.0 Å². The maximum Gasteiger partial charge on any atom is 0.171 e. The molecule has 1 unspecified atom stereocenters. The molecule has 1 N–H and O–H groups in total. The van der Waals surface area contributed by atoms with Gasteiger partial charge in [0.1, 0.15) is 6.10 Å². The van der Waals surface area contributed by atoms with E-state index in [2.05, 4.69) is 15.9 Å². The zero-order chi connectivity index (χ0) is 13.3. The number of hydrogen-bond acceptors (Lipinski definition) is 3. The second-order valence-electron chi connectivity index (χ2n) is 3.82. The molecule has 2 rings (SSSR count). The summed E-state index contributed by atoms with van der Waals surface area (Å²) in [6.07, 6.45) is -0.977. The summed E-state index contributed by atoms with van der Waals surface area (Å²) in [5.41, 5.74) is 0.225. The fourth-order valence-corrected chi connectivity index (χ4v) is 3.23. The standard InChI is InChI=1S/C13H12BrFO2S/c1-7-9(14)6-11(18-7)13(16)8-4-3-5-10(17-2)12(8)15/h3-6,13,16H,1-2H3. The molecule has 2 aromatic rings. The first-order valence-electron chi connectivity index (χ1n) is 5.31. The lowest BCUT2D eigenvalue weighted by molar-refractivity contribution is 0.217. The Kier molecular flexibility index (Phi) is 4.04.